The molecule has 0 bridgehead atoms. The summed E-state index contributed by atoms with van der Waals surface area (Å²) in [6, 6.07) is 1.94. The highest BCUT2D eigenvalue weighted by molar-refractivity contribution is 5.19. The van der Waals surface area contributed by atoms with Crippen LogP contribution in [0.25, 0.3) is 0 Å². The molecule has 0 aliphatic heterocycles. The molecule has 0 aliphatic rings. The molecule has 0 N–H and O–H groups in total. The Kier molecular flexibility index (Phi) is 10.9. The molecule has 6 heteroatoms. The summed E-state index contributed by atoms with van der Waals surface area (Å²) in [5, 5.41) is 0. The third-order valence-corrected chi connectivity index (χ3v) is 4.46. The summed E-state index contributed by atoms with van der Waals surface area (Å²) in [5.74, 6) is -5.03. The second kappa shape index (κ2) is 12.3. The quantitative estimate of drug-likeness (QED) is 0.235. The van der Waals surface area contributed by atoms with E-state index >= 15 is 0 Å². The van der Waals surface area contributed by atoms with Crippen molar-refractivity contribution in [2.75, 3.05) is 20.8 Å². The fourth-order valence-corrected chi connectivity index (χ4v) is 2.85. The lowest BCUT2D eigenvalue weighted by Gasteiger charge is -2.30. The van der Waals surface area contributed by atoms with Crippen LogP contribution in [0.3, 0.4) is 0 Å². The van der Waals surface area contributed by atoms with E-state index in [0.29, 0.717) is 12.0 Å². The lowest BCUT2D eigenvalue weighted by atomic mass is 10.1. The van der Waals surface area contributed by atoms with E-state index in [1.54, 1.807) is 0 Å². The molecule has 1 rings (SSSR count). The molecule has 150 valence electrons. The third kappa shape index (κ3) is 7.64. The first-order valence-corrected chi connectivity index (χ1v) is 9.35. The largest absolute Gasteiger partial charge is 0.331 e. The summed E-state index contributed by atoms with van der Waals surface area (Å²) in [5.41, 5.74) is 0.318. The Morgan fingerprint density at radius 3 is 1.92 bits per heavy atom. The maximum Gasteiger partial charge on any atom is 0.282 e. The highest BCUT2D eigenvalue weighted by Crippen LogP contribution is 2.23. The van der Waals surface area contributed by atoms with Crippen molar-refractivity contribution in [2.24, 2.45) is 0 Å². The molecule has 1 aromatic carbocycles. The van der Waals surface area contributed by atoms with Gasteiger partial charge in [0, 0.05) is 20.6 Å². The Labute approximate surface area is 154 Å². The maximum atomic E-state index is 13.2. The van der Waals surface area contributed by atoms with Crippen molar-refractivity contribution in [2.45, 2.75) is 70.7 Å². The number of halogens is 3. The minimum absolute atomic E-state index is 0.142. The van der Waals surface area contributed by atoms with Gasteiger partial charge in [-0.25, -0.2) is 13.2 Å². The van der Waals surface area contributed by atoms with E-state index < -0.39 is 23.4 Å². The molecule has 0 saturated carbocycles. The van der Waals surface area contributed by atoms with Gasteiger partial charge < -0.3 is 14.2 Å². The van der Waals surface area contributed by atoms with Crippen LogP contribution in [0.4, 0.5) is 13.2 Å². The summed E-state index contributed by atoms with van der Waals surface area (Å²) >= 11 is 0. The maximum absolute atomic E-state index is 13.2. The smallest absolute Gasteiger partial charge is 0.282 e. The normalized spacial score (nSPS) is 11.9. The first-order valence-electron chi connectivity index (χ1n) is 9.35. The fraction of sp³-hybridized carbons (Fsp3) is 0.700. The van der Waals surface area contributed by atoms with Gasteiger partial charge in [0.25, 0.3) is 5.97 Å². The summed E-state index contributed by atoms with van der Waals surface area (Å²) in [7, 11) is 3.00. The number of benzene rings is 1. The van der Waals surface area contributed by atoms with Crippen molar-refractivity contribution < 1.29 is 27.4 Å². The predicted octanol–water partition coefficient (Wildman–Crippen LogP) is 5.75. The summed E-state index contributed by atoms with van der Waals surface area (Å²) in [4.78, 5) is 0. The number of unbranched alkanes of at least 4 members (excludes halogenated alkanes) is 6. The summed E-state index contributed by atoms with van der Waals surface area (Å²) < 4.78 is 55.9. The molecule has 0 aliphatic carbocycles. The van der Waals surface area contributed by atoms with E-state index in [-0.39, 0.29) is 13.0 Å². The van der Waals surface area contributed by atoms with Crippen LogP contribution >= 0.6 is 0 Å². The highest BCUT2D eigenvalue weighted by atomic mass is 19.2. The molecule has 0 saturated heterocycles. The first-order chi connectivity index (χ1) is 12.5. The Morgan fingerprint density at radius 2 is 1.38 bits per heavy atom. The molecular formula is C20H31F3O3. The summed E-state index contributed by atoms with van der Waals surface area (Å²) in [6.45, 7) is 2.33. The molecule has 0 heterocycles. The second-order valence-electron chi connectivity index (χ2n) is 6.43. The van der Waals surface area contributed by atoms with E-state index in [0.717, 1.165) is 31.4 Å². The third-order valence-electron chi connectivity index (χ3n) is 4.46. The van der Waals surface area contributed by atoms with Crippen LogP contribution in [0.15, 0.2) is 12.1 Å². The predicted molar refractivity (Wildman–Crippen MR) is 95.3 cm³/mol. The highest BCUT2D eigenvalue weighted by Gasteiger charge is 2.30. The molecule has 0 fully saturated rings. The number of hydrogen-bond acceptors (Lipinski definition) is 3. The van der Waals surface area contributed by atoms with E-state index in [9.17, 15) is 13.2 Å². The van der Waals surface area contributed by atoms with Crippen molar-refractivity contribution in [1.29, 1.82) is 0 Å². The Morgan fingerprint density at radius 1 is 0.846 bits per heavy atom. The fourth-order valence-electron chi connectivity index (χ4n) is 2.85. The standard InChI is InChI=1S/C20H31F3O3/c1-4-5-6-7-8-9-10-12-20(24-2,25-3)26-13-11-16-14-17(21)19(23)18(22)15-16/h14-15H,4-13H2,1-3H3. The van der Waals surface area contributed by atoms with Crippen molar-refractivity contribution in [3.8, 4) is 0 Å². The van der Waals surface area contributed by atoms with Gasteiger partial charge in [0.05, 0.1) is 6.61 Å². The Hall–Kier alpha value is -1.11. The van der Waals surface area contributed by atoms with Gasteiger partial charge in [0.1, 0.15) is 0 Å². The monoisotopic (exact) mass is 376 g/mol. The second-order valence-corrected chi connectivity index (χ2v) is 6.43. The van der Waals surface area contributed by atoms with E-state index in [1.807, 2.05) is 0 Å². The minimum atomic E-state index is -1.46. The Bertz CT molecular complexity index is 496. The minimum Gasteiger partial charge on any atom is -0.331 e. The molecule has 0 spiro atoms. The van der Waals surface area contributed by atoms with Crippen molar-refractivity contribution >= 4 is 0 Å². The summed E-state index contributed by atoms with van der Waals surface area (Å²) in [6.07, 6.45) is 8.90. The average Bonchev–Trinajstić information content (AvgIpc) is 2.64. The van der Waals surface area contributed by atoms with Crippen LogP contribution in [0.5, 0.6) is 0 Å². The SMILES string of the molecule is CCCCCCCCCC(OC)(OC)OCCc1cc(F)c(F)c(F)c1. The van der Waals surface area contributed by atoms with E-state index in [1.165, 1.54) is 39.9 Å². The number of rotatable bonds is 14. The zero-order valence-corrected chi connectivity index (χ0v) is 16.1. The van der Waals surface area contributed by atoms with Crippen molar-refractivity contribution in [1.82, 2.24) is 0 Å². The van der Waals surface area contributed by atoms with Gasteiger partial charge in [-0.15, -0.1) is 0 Å². The van der Waals surface area contributed by atoms with Crippen LogP contribution in [0, 0.1) is 17.5 Å². The lowest BCUT2D eigenvalue weighted by Crippen LogP contribution is -2.37. The van der Waals surface area contributed by atoms with Gasteiger partial charge in [-0.1, -0.05) is 45.4 Å². The van der Waals surface area contributed by atoms with Crippen LogP contribution in [0.2, 0.25) is 0 Å². The molecule has 0 atom stereocenters. The number of hydrogen-bond donors (Lipinski definition) is 0. The molecular weight excluding hydrogens is 345 g/mol. The molecule has 3 nitrogen and oxygen atoms in total. The molecule has 0 radical (unpaired) electrons. The van der Waals surface area contributed by atoms with Gasteiger partial charge in [-0.05, 0) is 30.5 Å². The van der Waals surface area contributed by atoms with Crippen LogP contribution in [-0.2, 0) is 20.6 Å². The van der Waals surface area contributed by atoms with Gasteiger partial charge >= 0.3 is 0 Å². The Balaban J connectivity index is 2.41. The molecule has 26 heavy (non-hydrogen) atoms. The van der Waals surface area contributed by atoms with Crippen molar-refractivity contribution in [3.63, 3.8) is 0 Å². The van der Waals surface area contributed by atoms with Crippen molar-refractivity contribution in [3.05, 3.63) is 35.1 Å². The molecule has 0 aromatic heterocycles. The number of methoxy groups -OCH3 is 2. The van der Waals surface area contributed by atoms with Gasteiger partial charge in [0.2, 0.25) is 0 Å². The molecule has 1 aromatic rings. The number of ether oxygens (including phenoxy) is 3. The lowest BCUT2D eigenvalue weighted by molar-refractivity contribution is -0.365. The van der Waals surface area contributed by atoms with E-state index in [2.05, 4.69) is 6.92 Å². The van der Waals surface area contributed by atoms with Gasteiger partial charge in [-0.2, -0.15) is 0 Å². The van der Waals surface area contributed by atoms with Gasteiger partial charge in [-0.3, -0.25) is 0 Å². The molecule has 0 amide bonds. The van der Waals surface area contributed by atoms with Crippen LogP contribution in [-0.4, -0.2) is 26.8 Å². The molecule has 0 unspecified atom stereocenters. The zero-order chi connectivity index (χ0) is 19.4. The van der Waals surface area contributed by atoms with E-state index in [4.69, 9.17) is 14.2 Å². The van der Waals surface area contributed by atoms with Crippen LogP contribution < -0.4 is 0 Å². The first kappa shape index (κ1) is 22.9. The van der Waals surface area contributed by atoms with Gasteiger partial charge in [0.15, 0.2) is 17.5 Å². The topological polar surface area (TPSA) is 27.7 Å². The average molecular weight is 376 g/mol. The van der Waals surface area contributed by atoms with Crippen LogP contribution in [0.1, 0.15) is 63.9 Å². The zero-order valence-electron chi connectivity index (χ0n) is 16.1.